The van der Waals surface area contributed by atoms with Gasteiger partial charge in [0.25, 0.3) is 0 Å². The molecule has 0 saturated heterocycles. The van der Waals surface area contributed by atoms with Crippen LogP contribution in [0.4, 0.5) is 0 Å². The number of hydrogen-bond donors (Lipinski definition) is 1. The highest BCUT2D eigenvalue weighted by Crippen LogP contribution is 2.28. The van der Waals surface area contributed by atoms with E-state index in [1.807, 2.05) is 42.5 Å². The molecule has 0 bridgehead atoms. The number of methoxy groups -OCH3 is 1. The second-order valence-electron chi connectivity index (χ2n) is 5.70. The topological polar surface area (TPSA) is 78.9 Å². The summed E-state index contributed by atoms with van der Waals surface area (Å²) in [4.78, 5) is 4.69. The number of benzene rings is 2. The summed E-state index contributed by atoms with van der Waals surface area (Å²) in [6.07, 6.45) is 0. The van der Waals surface area contributed by atoms with E-state index in [-0.39, 0.29) is 0 Å². The standard InChI is InChI=1S/C19H17N5OS2/c1-25-16-9-7-13(8-10-16)17-22-23-19(24(17)20)27-12-15-11-26-18(21-15)14-5-3-2-4-6-14/h2-11H,12,20H2,1H3. The molecule has 0 unspecified atom stereocenters. The van der Waals surface area contributed by atoms with Crippen molar-refractivity contribution in [2.45, 2.75) is 10.9 Å². The number of thiazole rings is 1. The van der Waals surface area contributed by atoms with Crippen molar-refractivity contribution in [2.75, 3.05) is 13.0 Å². The van der Waals surface area contributed by atoms with Crippen LogP contribution in [-0.4, -0.2) is 27.0 Å². The van der Waals surface area contributed by atoms with E-state index in [2.05, 4.69) is 27.7 Å². The summed E-state index contributed by atoms with van der Waals surface area (Å²) in [5.74, 6) is 8.27. The minimum absolute atomic E-state index is 0.614. The summed E-state index contributed by atoms with van der Waals surface area (Å²) >= 11 is 3.15. The van der Waals surface area contributed by atoms with Crippen molar-refractivity contribution in [1.29, 1.82) is 0 Å². The predicted molar refractivity (Wildman–Crippen MR) is 109 cm³/mol. The van der Waals surface area contributed by atoms with Crippen LogP contribution < -0.4 is 10.6 Å². The lowest BCUT2D eigenvalue weighted by molar-refractivity contribution is 0.415. The minimum atomic E-state index is 0.614. The Morgan fingerprint density at radius 3 is 2.56 bits per heavy atom. The lowest BCUT2D eigenvalue weighted by Crippen LogP contribution is -2.11. The van der Waals surface area contributed by atoms with Crippen LogP contribution in [0.3, 0.4) is 0 Å². The number of hydrogen-bond acceptors (Lipinski definition) is 7. The zero-order valence-electron chi connectivity index (χ0n) is 14.6. The first-order valence-corrected chi connectivity index (χ1v) is 10.1. The summed E-state index contributed by atoms with van der Waals surface area (Å²) in [7, 11) is 1.64. The van der Waals surface area contributed by atoms with Gasteiger partial charge in [-0.05, 0) is 24.3 Å². The van der Waals surface area contributed by atoms with Gasteiger partial charge in [0.05, 0.1) is 12.8 Å². The van der Waals surface area contributed by atoms with Gasteiger partial charge < -0.3 is 10.6 Å². The molecule has 8 heteroatoms. The molecule has 2 heterocycles. The normalized spacial score (nSPS) is 10.9. The maximum absolute atomic E-state index is 6.19. The number of nitrogens with zero attached hydrogens (tertiary/aromatic N) is 4. The molecule has 2 N–H and O–H groups in total. The van der Waals surface area contributed by atoms with E-state index in [1.165, 1.54) is 16.4 Å². The fourth-order valence-electron chi connectivity index (χ4n) is 2.54. The molecule has 0 atom stereocenters. The number of nitrogen functional groups attached to an aromatic ring is 1. The molecule has 2 aromatic heterocycles. The van der Waals surface area contributed by atoms with E-state index >= 15 is 0 Å². The average Bonchev–Trinajstić information content (AvgIpc) is 3.34. The number of nitrogens with two attached hydrogens (primary N) is 1. The van der Waals surface area contributed by atoms with Crippen molar-refractivity contribution in [3.05, 3.63) is 65.7 Å². The molecule has 6 nitrogen and oxygen atoms in total. The molecule has 0 saturated carbocycles. The van der Waals surface area contributed by atoms with Gasteiger partial charge in [-0.15, -0.1) is 21.5 Å². The Kier molecular flexibility index (Phi) is 5.08. The van der Waals surface area contributed by atoms with Crippen molar-refractivity contribution < 1.29 is 4.74 Å². The van der Waals surface area contributed by atoms with Crippen LogP contribution in [-0.2, 0) is 5.75 Å². The van der Waals surface area contributed by atoms with Crippen LogP contribution in [0.25, 0.3) is 22.0 Å². The first-order valence-electron chi connectivity index (χ1n) is 8.22. The van der Waals surface area contributed by atoms with Gasteiger partial charge in [0.1, 0.15) is 10.8 Å². The number of thioether (sulfide) groups is 1. The molecule has 0 spiro atoms. The van der Waals surface area contributed by atoms with Crippen LogP contribution >= 0.6 is 23.1 Å². The van der Waals surface area contributed by atoms with Gasteiger partial charge in [-0.25, -0.2) is 9.66 Å². The predicted octanol–water partition coefficient (Wildman–Crippen LogP) is 4.08. The fourth-order valence-corrected chi connectivity index (χ4v) is 4.22. The molecule has 0 aliphatic rings. The van der Waals surface area contributed by atoms with Crippen molar-refractivity contribution in [3.63, 3.8) is 0 Å². The van der Waals surface area contributed by atoms with E-state index in [0.29, 0.717) is 16.7 Å². The largest absolute Gasteiger partial charge is 0.497 e. The zero-order valence-corrected chi connectivity index (χ0v) is 16.2. The Bertz CT molecular complexity index is 1030. The smallest absolute Gasteiger partial charge is 0.210 e. The second kappa shape index (κ2) is 7.81. The van der Waals surface area contributed by atoms with Crippen LogP contribution in [0, 0.1) is 0 Å². The van der Waals surface area contributed by atoms with Crippen molar-refractivity contribution in [3.8, 4) is 27.7 Å². The van der Waals surface area contributed by atoms with Gasteiger partial charge in [-0.3, -0.25) is 0 Å². The van der Waals surface area contributed by atoms with Gasteiger partial charge in [-0.2, -0.15) is 0 Å². The Morgan fingerprint density at radius 1 is 1.04 bits per heavy atom. The van der Waals surface area contributed by atoms with E-state index < -0.39 is 0 Å². The second-order valence-corrected chi connectivity index (χ2v) is 7.50. The zero-order chi connectivity index (χ0) is 18.6. The highest BCUT2D eigenvalue weighted by Gasteiger charge is 2.13. The molecular formula is C19H17N5OS2. The maximum atomic E-state index is 6.19. The van der Waals surface area contributed by atoms with Gasteiger partial charge in [0.2, 0.25) is 5.16 Å². The van der Waals surface area contributed by atoms with Crippen LogP contribution in [0.2, 0.25) is 0 Å². The number of aromatic nitrogens is 4. The Morgan fingerprint density at radius 2 is 1.81 bits per heavy atom. The van der Waals surface area contributed by atoms with Crippen LogP contribution in [0.5, 0.6) is 5.75 Å². The van der Waals surface area contributed by atoms with Gasteiger partial charge >= 0.3 is 0 Å². The minimum Gasteiger partial charge on any atom is -0.497 e. The summed E-state index contributed by atoms with van der Waals surface area (Å²) < 4.78 is 6.69. The molecule has 0 radical (unpaired) electrons. The Hall–Kier alpha value is -2.84. The van der Waals surface area contributed by atoms with Crippen molar-refractivity contribution >= 4 is 23.1 Å². The van der Waals surface area contributed by atoms with E-state index in [0.717, 1.165) is 27.6 Å². The first-order chi connectivity index (χ1) is 13.2. The van der Waals surface area contributed by atoms with Crippen molar-refractivity contribution in [2.24, 2.45) is 0 Å². The van der Waals surface area contributed by atoms with E-state index in [9.17, 15) is 0 Å². The average molecular weight is 396 g/mol. The fraction of sp³-hybridized carbons (Fsp3) is 0.105. The third kappa shape index (κ3) is 3.81. The molecule has 4 aromatic rings. The molecular weight excluding hydrogens is 378 g/mol. The number of ether oxygens (including phenoxy) is 1. The number of rotatable bonds is 6. The highest BCUT2D eigenvalue weighted by molar-refractivity contribution is 7.98. The third-order valence-electron chi connectivity index (χ3n) is 3.93. The third-order valence-corrected chi connectivity index (χ3v) is 5.85. The molecule has 0 amide bonds. The summed E-state index contributed by atoms with van der Waals surface area (Å²) in [6.45, 7) is 0. The molecule has 0 fully saturated rings. The molecule has 2 aromatic carbocycles. The Balaban J connectivity index is 1.46. The SMILES string of the molecule is COc1ccc(-c2nnc(SCc3csc(-c4ccccc4)n3)n2N)cc1. The van der Waals surface area contributed by atoms with Crippen LogP contribution in [0.1, 0.15) is 5.69 Å². The molecule has 27 heavy (non-hydrogen) atoms. The maximum Gasteiger partial charge on any atom is 0.210 e. The Labute approximate surface area is 165 Å². The molecule has 4 rings (SSSR count). The molecule has 0 aliphatic carbocycles. The van der Waals surface area contributed by atoms with Gasteiger partial charge in [0, 0.05) is 22.3 Å². The summed E-state index contributed by atoms with van der Waals surface area (Å²) in [6, 6.07) is 17.7. The van der Waals surface area contributed by atoms with Crippen molar-refractivity contribution in [1.82, 2.24) is 19.9 Å². The first kappa shape index (κ1) is 17.6. The van der Waals surface area contributed by atoms with E-state index in [1.54, 1.807) is 18.4 Å². The van der Waals surface area contributed by atoms with E-state index in [4.69, 9.17) is 15.6 Å². The van der Waals surface area contributed by atoms with Gasteiger partial charge in [-0.1, -0.05) is 42.1 Å². The monoisotopic (exact) mass is 395 g/mol. The lowest BCUT2D eigenvalue weighted by atomic mass is 10.2. The highest BCUT2D eigenvalue weighted by atomic mass is 32.2. The molecule has 0 aliphatic heterocycles. The van der Waals surface area contributed by atoms with Gasteiger partial charge in [0.15, 0.2) is 5.82 Å². The summed E-state index contributed by atoms with van der Waals surface area (Å²) in [5, 5.41) is 12.2. The molecule has 136 valence electrons. The van der Waals surface area contributed by atoms with Crippen LogP contribution in [0.15, 0.2) is 65.1 Å². The lowest BCUT2D eigenvalue weighted by Gasteiger charge is -2.04. The summed E-state index contributed by atoms with van der Waals surface area (Å²) in [5.41, 5.74) is 3.01. The quantitative estimate of drug-likeness (QED) is 0.391.